The molecule has 2 aromatic heterocycles. The molecule has 1 aliphatic heterocycles. The van der Waals surface area contributed by atoms with Crippen molar-refractivity contribution in [1.82, 2.24) is 20.7 Å². The lowest BCUT2D eigenvalue weighted by Gasteiger charge is -2.12. The number of guanidine groups is 1. The number of benzene rings is 1. The highest BCUT2D eigenvalue weighted by Gasteiger charge is 2.33. The molecule has 3 aromatic rings. The molecule has 4 rings (SSSR count). The van der Waals surface area contributed by atoms with Gasteiger partial charge in [0.25, 0.3) is 0 Å². The molecular weight excluding hydrogens is 460 g/mol. The van der Waals surface area contributed by atoms with Crippen LogP contribution in [0.5, 0.6) is 0 Å². The first kappa shape index (κ1) is 24.3. The van der Waals surface area contributed by atoms with Crippen molar-refractivity contribution in [2.75, 3.05) is 18.0 Å². The zero-order chi connectivity index (χ0) is 25.3. The Labute approximate surface area is 208 Å². The SMILES string of the molecule is CC(=O)NCC1CN(c2ccc(-c3ccc(/C=N/NC(N)=NCc4ccccn4)cc3)cn2)C(=O)O1. The molecule has 36 heavy (non-hydrogen) atoms. The topological polar surface area (TPSA) is 147 Å². The number of hydrogen-bond acceptors (Lipinski definition) is 7. The summed E-state index contributed by atoms with van der Waals surface area (Å²) in [7, 11) is 0. The fraction of sp³-hybridized carbons (Fsp3) is 0.200. The maximum atomic E-state index is 12.2. The van der Waals surface area contributed by atoms with E-state index >= 15 is 0 Å². The average molecular weight is 487 g/mol. The molecule has 1 aliphatic rings. The standard InChI is InChI=1S/C25H26N8O3/c1-17(34)28-15-22-16-33(25(35)36-22)23-10-9-20(13-29-23)19-7-5-18(6-8-19)12-31-32-24(26)30-14-21-4-2-3-11-27-21/h2-13,22H,14-16H2,1H3,(H,28,34)(H3,26,30,32)/b31-12+. The molecule has 4 N–H and O–H groups in total. The predicted molar refractivity (Wildman–Crippen MR) is 136 cm³/mol. The first-order chi connectivity index (χ1) is 17.5. The predicted octanol–water partition coefficient (Wildman–Crippen LogP) is 2.04. The number of aromatic nitrogens is 2. The summed E-state index contributed by atoms with van der Waals surface area (Å²) in [4.78, 5) is 37.5. The Hall–Kier alpha value is -4.80. The summed E-state index contributed by atoms with van der Waals surface area (Å²) in [5.74, 6) is 0.518. The van der Waals surface area contributed by atoms with Crippen molar-refractivity contribution in [1.29, 1.82) is 0 Å². The summed E-state index contributed by atoms with van der Waals surface area (Å²) in [6.45, 7) is 2.38. The number of nitrogens with one attached hydrogen (secondary N) is 2. The van der Waals surface area contributed by atoms with Crippen LogP contribution in [-0.4, -0.2) is 53.3 Å². The third-order valence-corrected chi connectivity index (χ3v) is 5.25. The number of nitrogens with zero attached hydrogens (tertiary/aromatic N) is 5. The number of nitrogens with two attached hydrogens (primary N) is 1. The number of amides is 2. The molecule has 1 atom stereocenters. The van der Waals surface area contributed by atoms with Crippen molar-refractivity contribution in [2.24, 2.45) is 15.8 Å². The van der Waals surface area contributed by atoms with E-state index in [1.54, 1.807) is 24.7 Å². The van der Waals surface area contributed by atoms with Crippen molar-refractivity contribution in [2.45, 2.75) is 19.6 Å². The van der Waals surface area contributed by atoms with E-state index < -0.39 is 12.2 Å². The fourth-order valence-electron chi connectivity index (χ4n) is 3.42. The van der Waals surface area contributed by atoms with E-state index in [4.69, 9.17) is 10.5 Å². The highest BCUT2D eigenvalue weighted by Crippen LogP contribution is 2.24. The Morgan fingerprint density at radius 2 is 1.97 bits per heavy atom. The third kappa shape index (κ3) is 6.63. The Kier molecular flexibility index (Phi) is 7.81. The molecule has 2 amide bonds. The first-order valence-electron chi connectivity index (χ1n) is 11.3. The number of cyclic esters (lactones) is 1. The van der Waals surface area contributed by atoms with Gasteiger partial charge in [-0.1, -0.05) is 30.3 Å². The molecule has 0 spiro atoms. The van der Waals surface area contributed by atoms with E-state index in [2.05, 4.69) is 30.8 Å². The molecule has 11 nitrogen and oxygen atoms in total. The van der Waals surface area contributed by atoms with Gasteiger partial charge < -0.3 is 15.8 Å². The Bertz CT molecular complexity index is 1240. The highest BCUT2D eigenvalue weighted by atomic mass is 16.6. The van der Waals surface area contributed by atoms with Gasteiger partial charge in [-0.05, 0) is 35.4 Å². The van der Waals surface area contributed by atoms with E-state index in [-0.39, 0.29) is 18.4 Å². The lowest BCUT2D eigenvalue weighted by molar-refractivity contribution is -0.119. The molecular formula is C25H26N8O3. The van der Waals surface area contributed by atoms with Gasteiger partial charge in [0.05, 0.1) is 31.5 Å². The van der Waals surface area contributed by atoms with Gasteiger partial charge in [-0.2, -0.15) is 5.10 Å². The Morgan fingerprint density at radius 3 is 2.67 bits per heavy atom. The maximum Gasteiger partial charge on any atom is 0.416 e. The summed E-state index contributed by atoms with van der Waals surface area (Å²) in [6, 6.07) is 17.0. The number of hydrazone groups is 1. The van der Waals surface area contributed by atoms with Gasteiger partial charge in [0, 0.05) is 24.9 Å². The first-order valence-corrected chi connectivity index (χ1v) is 11.3. The molecule has 184 valence electrons. The van der Waals surface area contributed by atoms with E-state index in [1.165, 1.54) is 11.8 Å². The smallest absolute Gasteiger partial charge is 0.416 e. The average Bonchev–Trinajstić information content (AvgIpc) is 3.28. The summed E-state index contributed by atoms with van der Waals surface area (Å²) < 4.78 is 5.28. The molecule has 1 saturated heterocycles. The van der Waals surface area contributed by atoms with Crippen LogP contribution < -0.4 is 21.4 Å². The number of hydrogen-bond donors (Lipinski definition) is 3. The quantitative estimate of drug-likeness (QED) is 0.251. The number of anilines is 1. The minimum absolute atomic E-state index is 0.171. The monoisotopic (exact) mass is 486 g/mol. The molecule has 11 heteroatoms. The van der Waals surface area contributed by atoms with Crippen LogP contribution in [0.2, 0.25) is 0 Å². The van der Waals surface area contributed by atoms with Crippen molar-refractivity contribution >= 4 is 30.0 Å². The number of pyridine rings is 2. The second-order valence-electron chi connectivity index (χ2n) is 7.97. The van der Waals surface area contributed by atoms with E-state index in [0.29, 0.717) is 18.9 Å². The molecule has 1 aromatic carbocycles. The molecule has 0 aliphatic carbocycles. The Morgan fingerprint density at radius 1 is 1.17 bits per heavy atom. The minimum Gasteiger partial charge on any atom is -0.442 e. The second kappa shape index (κ2) is 11.6. The second-order valence-corrected chi connectivity index (χ2v) is 7.97. The summed E-state index contributed by atoms with van der Waals surface area (Å²) in [5.41, 5.74) is 12.1. The molecule has 3 heterocycles. The van der Waals surface area contributed by atoms with Crippen LogP contribution in [0.25, 0.3) is 11.1 Å². The fourth-order valence-corrected chi connectivity index (χ4v) is 3.42. The van der Waals surface area contributed by atoms with Crippen LogP contribution in [0.3, 0.4) is 0 Å². The van der Waals surface area contributed by atoms with Gasteiger partial charge in [0.1, 0.15) is 11.9 Å². The molecule has 0 bridgehead atoms. The van der Waals surface area contributed by atoms with Gasteiger partial charge in [-0.25, -0.2) is 20.2 Å². The van der Waals surface area contributed by atoms with Gasteiger partial charge in [0.15, 0.2) is 0 Å². The van der Waals surface area contributed by atoms with Gasteiger partial charge in [-0.3, -0.25) is 14.7 Å². The highest BCUT2D eigenvalue weighted by molar-refractivity contribution is 5.89. The van der Waals surface area contributed by atoms with Gasteiger partial charge in [-0.15, -0.1) is 0 Å². The molecule has 0 radical (unpaired) electrons. The summed E-state index contributed by atoms with van der Waals surface area (Å²) >= 11 is 0. The number of carbonyl (C=O) groups excluding carboxylic acids is 2. The van der Waals surface area contributed by atoms with Crippen LogP contribution in [0.15, 0.2) is 77.1 Å². The van der Waals surface area contributed by atoms with Crippen molar-refractivity contribution in [3.8, 4) is 11.1 Å². The molecule has 0 saturated carbocycles. The Balaban J connectivity index is 1.31. The minimum atomic E-state index is -0.481. The van der Waals surface area contributed by atoms with Crippen LogP contribution >= 0.6 is 0 Å². The van der Waals surface area contributed by atoms with Crippen molar-refractivity contribution in [3.05, 3.63) is 78.2 Å². The maximum absolute atomic E-state index is 12.2. The number of carbonyl (C=O) groups is 2. The van der Waals surface area contributed by atoms with E-state index in [0.717, 1.165) is 22.4 Å². The van der Waals surface area contributed by atoms with Crippen LogP contribution in [0.4, 0.5) is 10.6 Å². The van der Waals surface area contributed by atoms with Crippen molar-refractivity contribution < 1.29 is 14.3 Å². The number of ether oxygens (including phenoxy) is 1. The van der Waals surface area contributed by atoms with E-state index in [9.17, 15) is 9.59 Å². The van der Waals surface area contributed by atoms with Crippen LogP contribution in [0, 0.1) is 0 Å². The van der Waals surface area contributed by atoms with E-state index in [1.807, 2.05) is 48.5 Å². The van der Waals surface area contributed by atoms with Crippen LogP contribution in [-0.2, 0) is 16.1 Å². The largest absolute Gasteiger partial charge is 0.442 e. The summed E-state index contributed by atoms with van der Waals surface area (Å²) in [6.07, 6.45) is 4.16. The lowest BCUT2D eigenvalue weighted by atomic mass is 10.1. The molecule has 1 fully saturated rings. The van der Waals surface area contributed by atoms with Crippen LogP contribution in [0.1, 0.15) is 18.2 Å². The van der Waals surface area contributed by atoms with Gasteiger partial charge >= 0.3 is 6.09 Å². The number of aliphatic imine (C=N–C) groups is 1. The zero-order valence-corrected chi connectivity index (χ0v) is 19.7. The lowest BCUT2D eigenvalue weighted by Crippen LogP contribution is -2.33. The normalized spacial score (nSPS) is 15.7. The zero-order valence-electron chi connectivity index (χ0n) is 19.7. The molecule has 1 unspecified atom stereocenters. The van der Waals surface area contributed by atoms with Crippen molar-refractivity contribution in [3.63, 3.8) is 0 Å². The summed E-state index contributed by atoms with van der Waals surface area (Å²) in [5, 5.41) is 6.77. The number of rotatable bonds is 8. The third-order valence-electron chi connectivity index (χ3n) is 5.25. The van der Waals surface area contributed by atoms with Gasteiger partial charge in [0.2, 0.25) is 11.9 Å².